The maximum Gasteiger partial charge on any atom is 0.346 e. The molecule has 1 N–H and O–H groups in total. The summed E-state index contributed by atoms with van der Waals surface area (Å²) in [5.41, 5.74) is 0.245. The molecule has 0 saturated carbocycles. The maximum absolute atomic E-state index is 12.3. The highest BCUT2D eigenvalue weighted by molar-refractivity contribution is 7.19. The molecule has 20 heavy (non-hydrogen) atoms. The minimum atomic E-state index is -0.519. The van der Waals surface area contributed by atoms with Crippen LogP contribution in [0.2, 0.25) is 4.34 Å². The summed E-state index contributed by atoms with van der Waals surface area (Å²) in [6, 6.07) is 5.18. The van der Waals surface area contributed by atoms with Gasteiger partial charge in [-0.15, -0.1) is 11.3 Å². The Kier molecular flexibility index (Phi) is 3.58. The first-order chi connectivity index (χ1) is 9.63. The zero-order valence-corrected chi connectivity index (χ0v) is 12.1. The summed E-state index contributed by atoms with van der Waals surface area (Å²) >= 11 is 7.24. The van der Waals surface area contributed by atoms with Gasteiger partial charge in [0.15, 0.2) is 0 Å². The number of thiophene rings is 1. The van der Waals surface area contributed by atoms with Crippen molar-refractivity contribution in [1.29, 1.82) is 0 Å². The number of rotatable bonds is 2. The molecular formula is C13H12ClN3O2S. The van der Waals surface area contributed by atoms with Crippen molar-refractivity contribution in [3.8, 4) is 10.6 Å². The Hall–Kier alpha value is -1.66. The predicted molar refractivity (Wildman–Crippen MR) is 78.3 cm³/mol. The topological polar surface area (TPSA) is 66.1 Å². The molecule has 2 aromatic heterocycles. The number of H-pyrrole nitrogens is 1. The van der Waals surface area contributed by atoms with Crippen LogP contribution < -0.4 is 5.69 Å². The highest BCUT2D eigenvalue weighted by Gasteiger charge is 2.21. The summed E-state index contributed by atoms with van der Waals surface area (Å²) < 4.78 is 0.630. The summed E-state index contributed by atoms with van der Waals surface area (Å²) in [5.74, 6) is -0.183. The van der Waals surface area contributed by atoms with E-state index in [1.54, 1.807) is 17.0 Å². The van der Waals surface area contributed by atoms with Crippen molar-refractivity contribution in [2.45, 2.75) is 12.8 Å². The fourth-order valence-electron chi connectivity index (χ4n) is 2.24. The number of nitrogens with one attached hydrogen (secondary N) is 1. The lowest BCUT2D eigenvalue weighted by atomic mass is 10.2. The summed E-state index contributed by atoms with van der Waals surface area (Å²) in [6.45, 7) is 1.46. The average molecular weight is 310 g/mol. The first-order valence-corrected chi connectivity index (χ1v) is 7.49. The van der Waals surface area contributed by atoms with Gasteiger partial charge in [0.2, 0.25) is 0 Å². The molecule has 0 unspecified atom stereocenters. The Bertz CT molecular complexity index is 704. The number of hydrogen-bond donors (Lipinski definition) is 1. The summed E-state index contributed by atoms with van der Waals surface area (Å²) in [6.07, 6.45) is 2.00. The number of nitrogens with zero attached hydrogens (tertiary/aromatic N) is 2. The van der Waals surface area contributed by atoms with Crippen molar-refractivity contribution >= 4 is 28.8 Å². The van der Waals surface area contributed by atoms with Crippen LogP contribution in [0.4, 0.5) is 0 Å². The highest BCUT2D eigenvalue weighted by atomic mass is 35.5. The molecule has 0 bridgehead atoms. The van der Waals surface area contributed by atoms with E-state index in [0.717, 1.165) is 30.8 Å². The molecule has 1 fully saturated rings. The molecule has 0 atom stereocenters. The molecule has 1 saturated heterocycles. The van der Waals surface area contributed by atoms with Crippen molar-refractivity contribution in [1.82, 2.24) is 14.9 Å². The van der Waals surface area contributed by atoms with Gasteiger partial charge in [-0.3, -0.25) is 4.79 Å². The van der Waals surface area contributed by atoms with E-state index in [1.807, 2.05) is 6.07 Å². The van der Waals surface area contributed by atoms with Crippen molar-refractivity contribution in [3.63, 3.8) is 0 Å². The van der Waals surface area contributed by atoms with E-state index >= 15 is 0 Å². The maximum atomic E-state index is 12.3. The van der Waals surface area contributed by atoms with Crippen molar-refractivity contribution in [2.24, 2.45) is 0 Å². The molecule has 1 aliphatic rings. The van der Waals surface area contributed by atoms with Gasteiger partial charge in [-0.05, 0) is 31.0 Å². The zero-order valence-electron chi connectivity index (χ0n) is 10.6. The Morgan fingerprint density at radius 3 is 2.75 bits per heavy atom. The molecule has 1 aliphatic heterocycles. The van der Waals surface area contributed by atoms with Crippen molar-refractivity contribution < 1.29 is 4.79 Å². The number of carbonyl (C=O) groups excluding carboxylic acids is 1. The Morgan fingerprint density at radius 1 is 1.35 bits per heavy atom. The average Bonchev–Trinajstić information content (AvgIpc) is 3.08. The van der Waals surface area contributed by atoms with Gasteiger partial charge in [0.25, 0.3) is 5.91 Å². The highest BCUT2D eigenvalue weighted by Crippen LogP contribution is 2.29. The number of hydrogen-bond acceptors (Lipinski definition) is 4. The van der Waals surface area contributed by atoms with Crippen molar-refractivity contribution in [3.05, 3.63) is 38.7 Å². The fraction of sp³-hybridized carbons (Fsp3) is 0.308. The lowest BCUT2D eigenvalue weighted by molar-refractivity contribution is 0.0786. The SMILES string of the molecule is O=C(c1cc(-c2ccc(Cl)s2)[nH]c(=O)n1)N1CCCC1. The summed E-state index contributed by atoms with van der Waals surface area (Å²) in [7, 11) is 0. The van der Waals surface area contributed by atoms with Gasteiger partial charge in [-0.1, -0.05) is 11.6 Å². The van der Waals surface area contributed by atoms with Crippen molar-refractivity contribution in [2.75, 3.05) is 13.1 Å². The largest absolute Gasteiger partial charge is 0.346 e. The first-order valence-electron chi connectivity index (χ1n) is 6.30. The van der Waals surface area contributed by atoms with Gasteiger partial charge in [-0.25, -0.2) is 4.79 Å². The first kappa shape index (κ1) is 13.3. The van der Waals surface area contributed by atoms with Crippen LogP contribution >= 0.6 is 22.9 Å². The molecule has 0 aromatic carbocycles. The quantitative estimate of drug-likeness (QED) is 0.926. The third kappa shape index (κ3) is 2.62. The third-order valence-electron chi connectivity index (χ3n) is 3.20. The molecule has 2 aromatic rings. The fourth-order valence-corrected chi connectivity index (χ4v) is 3.26. The second kappa shape index (κ2) is 5.38. The third-order valence-corrected chi connectivity index (χ3v) is 4.46. The number of aromatic amines is 1. The molecular weight excluding hydrogens is 298 g/mol. The standard InChI is InChI=1S/C13H12ClN3O2S/c14-11-4-3-10(20-11)8-7-9(16-13(19)15-8)12(18)17-5-1-2-6-17/h3-4,7H,1-2,5-6H2,(H,15,16,19). The minimum Gasteiger partial charge on any atom is -0.337 e. The molecule has 104 valence electrons. The van der Waals surface area contributed by atoms with Gasteiger partial charge in [-0.2, -0.15) is 4.98 Å². The summed E-state index contributed by atoms with van der Waals surface area (Å²) in [4.78, 5) is 32.9. The second-order valence-electron chi connectivity index (χ2n) is 4.59. The van der Waals surface area contributed by atoms with Crippen LogP contribution in [0.5, 0.6) is 0 Å². The van der Waals surface area contributed by atoms with Gasteiger partial charge in [0, 0.05) is 13.1 Å². The smallest absolute Gasteiger partial charge is 0.337 e. The van der Waals surface area contributed by atoms with Crippen LogP contribution in [-0.4, -0.2) is 33.9 Å². The Labute approximate surface area is 124 Å². The molecule has 1 amide bonds. The van der Waals surface area contributed by atoms with E-state index in [-0.39, 0.29) is 11.6 Å². The van der Waals surface area contributed by atoms with E-state index in [2.05, 4.69) is 9.97 Å². The van der Waals surface area contributed by atoms with E-state index in [1.165, 1.54) is 11.3 Å². The van der Waals surface area contributed by atoms with Gasteiger partial charge < -0.3 is 9.88 Å². The van der Waals surface area contributed by atoms with Crippen LogP contribution in [0.15, 0.2) is 23.0 Å². The monoisotopic (exact) mass is 309 g/mol. The van der Waals surface area contributed by atoms with E-state index in [0.29, 0.717) is 10.0 Å². The lowest BCUT2D eigenvalue weighted by Gasteiger charge is -2.14. The Balaban J connectivity index is 1.98. The zero-order chi connectivity index (χ0) is 14.1. The molecule has 0 aliphatic carbocycles. The summed E-state index contributed by atoms with van der Waals surface area (Å²) in [5, 5.41) is 0. The van der Waals surface area contributed by atoms with E-state index in [4.69, 9.17) is 11.6 Å². The number of likely N-dealkylation sites (tertiary alicyclic amines) is 1. The molecule has 7 heteroatoms. The molecule has 0 radical (unpaired) electrons. The van der Waals surface area contributed by atoms with Gasteiger partial charge >= 0.3 is 5.69 Å². The minimum absolute atomic E-state index is 0.183. The number of aromatic nitrogens is 2. The normalized spacial score (nSPS) is 14.8. The van der Waals surface area contributed by atoms with Crippen LogP contribution in [-0.2, 0) is 0 Å². The van der Waals surface area contributed by atoms with Crippen LogP contribution in [0, 0.1) is 0 Å². The van der Waals surface area contributed by atoms with E-state index in [9.17, 15) is 9.59 Å². The van der Waals surface area contributed by atoms with Crippen LogP contribution in [0.3, 0.4) is 0 Å². The van der Waals surface area contributed by atoms with Gasteiger partial charge in [0.05, 0.1) is 14.9 Å². The molecule has 0 spiro atoms. The predicted octanol–water partition coefficient (Wildman–Crippen LogP) is 2.39. The molecule has 5 nitrogen and oxygen atoms in total. The molecule has 3 heterocycles. The van der Waals surface area contributed by atoms with Crippen LogP contribution in [0.25, 0.3) is 10.6 Å². The Morgan fingerprint density at radius 2 is 2.10 bits per heavy atom. The number of amides is 1. The molecule has 3 rings (SSSR count). The lowest BCUT2D eigenvalue weighted by Crippen LogP contribution is -2.30. The van der Waals surface area contributed by atoms with Crippen LogP contribution in [0.1, 0.15) is 23.3 Å². The van der Waals surface area contributed by atoms with E-state index < -0.39 is 5.69 Å². The van der Waals surface area contributed by atoms with Gasteiger partial charge in [0.1, 0.15) is 5.69 Å². The second-order valence-corrected chi connectivity index (χ2v) is 6.30. The number of carbonyl (C=O) groups is 1. The number of halogens is 1.